The van der Waals surface area contributed by atoms with Crippen molar-refractivity contribution in [2.45, 2.75) is 45.4 Å². The Bertz CT molecular complexity index is 522. The van der Waals surface area contributed by atoms with Crippen LogP contribution in [0, 0.1) is 0 Å². The molecule has 0 saturated carbocycles. The van der Waals surface area contributed by atoms with E-state index in [-0.39, 0.29) is 12.3 Å². The molecule has 1 amide bonds. The third-order valence-corrected chi connectivity index (χ3v) is 4.96. The Balaban J connectivity index is 2.54. The van der Waals surface area contributed by atoms with Crippen molar-refractivity contribution >= 4 is 15.7 Å². The van der Waals surface area contributed by atoms with Crippen molar-refractivity contribution in [1.82, 2.24) is 10.5 Å². The topological polar surface area (TPSA) is 89.3 Å². The predicted octanol–water partition coefficient (Wildman–Crippen LogP) is 1.07. The molecule has 0 spiro atoms. The van der Waals surface area contributed by atoms with Gasteiger partial charge in [-0.3, -0.25) is 4.79 Å². The molecule has 1 N–H and O–H groups in total. The Morgan fingerprint density at radius 1 is 1.47 bits per heavy atom. The zero-order valence-electron chi connectivity index (χ0n) is 11.5. The Morgan fingerprint density at radius 3 is 2.74 bits per heavy atom. The van der Waals surface area contributed by atoms with E-state index in [4.69, 9.17) is 4.52 Å². The first-order chi connectivity index (χ1) is 8.90. The second-order valence-corrected chi connectivity index (χ2v) is 6.96. The first-order valence-corrected chi connectivity index (χ1v) is 8.06. The number of hydrogen-bond donors (Lipinski definition) is 1. The molecular formula is C12H20N2O4S. The van der Waals surface area contributed by atoms with Gasteiger partial charge in [-0.05, 0) is 13.3 Å². The van der Waals surface area contributed by atoms with Crippen LogP contribution in [-0.4, -0.2) is 30.5 Å². The first-order valence-electron chi connectivity index (χ1n) is 6.34. The van der Waals surface area contributed by atoms with Crippen LogP contribution < -0.4 is 5.32 Å². The van der Waals surface area contributed by atoms with Crippen molar-refractivity contribution in [3.05, 3.63) is 17.5 Å². The van der Waals surface area contributed by atoms with E-state index in [1.54, 1.807) is 6.07 Å². The number of rotatable bonds is 7. The van der Waals surface area contributed by atoms with Crippen molar-refractivity contribution in [2.24, 2.45) is 0 Å². The summed E-state index contributed by atoms with van der Waals surface area (Å²) in [4.78, 5) is 11.7. The molecule has 1 heterocycles. The number of aromatic nitrogens is 1. The van der Waals surface area contributed by atoms with E-state index in [2.05, 4.69) is 10.5 Å². The van der Waals surface area contributed by atoms with Crippen molar-refractivity contribution in [3.63, 3.8) is 0 Å². The summed E-state index contributed by atoms with van der Waals surface area (Å²) in [5, 5.41) is 5.35. The van der Waals surface area contributed by atoms with Gasteiger partial charge >= 0.3 is 0 Å². The molecule has 1 atom stereocenters. The minimum atomic E-state index is -3.36. The van der Waals surface area contributed by atoms with Crippen LogP contribution in [0.4, 0.5) is 0 Å². The fraction of sp³-hybridized carbons (Fsp3) is 0.667. The molecule has 6 nitrogen and oxygen atoms in total. The van der Waals surface area contributed by atoms with Crippen LogP contribution in [0.3, 0.4) is 0 Å². The lowest BCUT2D eigenvalue weighted by atomic mass is 10.2. The maximum atomic E-state index is 11.7. The number of carbonyl (C=O) groups is 1. The normalized spacial score (nSPS) is 13.2. The maximum Gasteiger partial charge on any atom is 0.238 e. The lowest BCUT2D eigenvalue weighted by Crippen LogP contribution is -2.38. The van der Waals surface area contributed by atoms with Gasteiger partial charge in [-0.15, -0.1) is 0 Å². The summed E-state index contributed by atoms with van der Waals surface area (Å²) in [6.45, 7) is 5.09. The number of nitrogens with zero attached hydrogens (tertiary/aromatic N) is 1. The summed E-state index contributed by atoms with van der Waals surface area (Å²) in [5.41, 5.74) is 0.834. The van der Waals surface area contributed by atoms with Gasteiger partial charge < -0.3 is 9.84 Å². The lowest BCUT2D eigenvalue weighted by Gasteiger charge is -2.10. The minimum absolute atomic E-state index is 0.0510. The molecule has 7 heteroatoms. The fourth-order valence-corrected chi connectivity index (χ4v) is 2.45. The van der Waals surface area contributed by atoms with E-state index in [9.17, 15) is 13.2 Å². The second-order valence-electron chi connectivity index (χ2n) is 4.35. The van der Waals surface area contributed by atoms with Gasteiger partial charge in [0.05, 0.1) is 12.2 Å². The molecule has 1 aromatic rings. The molecule has 1 unspecified atom stereocenters. The molecule has 0 aliphatic rings. The van der Waals surface area contributed by atoms with E-state index in [1.165, 1.54) is 13.8 Å². The van der Waals surface area contributed by atoms with Gasteiger partial charge in [0.1, 0.15) is 5.25 Å². The van der Waals surface area contributed by atoms with E-state index in [1.807, 2.05) is 6.92 Å². The number of sulfone groups is 1. The summed E-state index contributed by atoms with van der Waals surface area (Å²) >= 11 is 0. The largest absolute Gasteiger partial charge is 0.359 e. The van der Waals surface area contributed by atoms with Crippen LogP contribution in [0.5, 0.6) is 0 Å². The molecule has 0 aromatic carbocycles. The van der Waals surface area contributed by atoms with Crippen molar-refractivity contribution < 1.29 is 17.7 Å². The van der Waals surface area contributed by atoms with Gasteiger partial charge in [-0.1, -0.05) is 25.4 Å². The molecule has 1 rings (SSSR count). The molecule has 0 radical (unpaired) electrons. The van der Waals surface area contributed by atoms with Crippen molar-refractivity contribution in [1.29, 1.82) is 0 Å². The molecule has 0 aliphatic carbocycles. The Hall–Kier alpha value is -1.37. The highest BCUT2D eigenvalue weighted by Crippen LogP contribution is 2.07. The summed E-state index contributed by atoms with van der Waals surface area (Å²) in [6.07, 6.45) is 1.78. The Labute approximate surface area is 113 Å². The van der Waals surface area contributed by atoms with Crippen LogP contribution in [0.1, 0.15) is 38.6 Å². The molecule has 0 aliphatic heterocycles. The van der Waals surface area contributed by atoms with Crippen LogP contribution in [-0.2, 0) is 27.6 Å². The number of nitrogens with one attached hydrogen (secondary N) is 1. The van der Waals surface area contributed by atoms with Crippen LogP contribution >= 0.6 is 0 Å². The zero-order valence-corrected chi connectivity index (χ0v) is 12.3. The molecule has 108 valence electrons. The monoisotopic (exact) mass is 288 g/mol. The molecule has 0 fully saturated rings. The Kier molecular flexibility index (Phi) is 5.53. The summed E-state index contributed by atoms with van der Waals surface area (Å²) in [7, 11) is -3.36. The SMILES string of the molecule is CCCc1cc(CNC(=O)C(C)S(=O)(=O)CC)on1. The second kappa shape index (κ2) is 6.70. The van der Waals surface area contributed by atoms with Gasteiger partial charge in [0.2, 0.25) is 5.91 Å². The van der Waals surface area contributed by atoms with Crippen LogP contribution in [0.25, 0.3) is 0 Å². The number of aryl methyl sites for hydroxylation is 1. The minimum Gasteiger partial charge on any atom is -0.359 e. The number of carbonyl (C=O) groups excluding carboxylic acids is 1. The highest BCUT2D eigenvalue weighted by atomic mass is 32.2. The average Bonchev–Trinajstić information content (AvgIpc) is 2.83. The van der Waals surface area contributed by atoms with Gasteiger partial charge in [-0.25, -0.2) is 8.42 Å². The smallest absolute Gasteiger partial charge is 0.238 e. The third kappa shape index (κ3) is 4.34. The number of hydrogen-bond acceptors (Lipinski definition) is 5. The lowest BCUT2D eigenvalue weighted by molar-refractivity contribution is -0.120. The molecule has 1 aromatic heterocycles. The van der Waals surface area contributed by atoms with E-state index >= 15 is 0 Å². The van der Waals surface area contributed by atoms with Gasteiger partial charge in [0.15, 0.2) is 15.6 Å². The molecule has 19 heavy (non-hydrogen) atoms. The molecule has 0 saturated heterocycles. The molecule has 0 bridgehead atoms. The van der Waals surface area contributed by atoms with Crippen molar-refractivity contribution in [2.75, 3.05) is 5.75 Å². The van der Waals surface area contributed by atoms with Crippen LogP contribution in [0.2, 0.25) is 0 Å². The summed E-state index contributed by atoms with van der Waals surface area (Å²) in [6, 6.07) is 1.77. The van der Waals surface area contributed by atoms with Crippen molar-refractivity contribution in [3.8, 4) is 0 Å². The standard InChI is InChI=1S/C12H20N2O4S/c1-4-6-10-7-11(18-14-10)8-13-12(15)9(3)19(16,17)5-2/h7,9H,4-6,8H2,1-3H3,(H,13,15). The summed E-state index contributed by atoms with van der Waals surface area (Å²) in [5.74, 6) is -0.0435. The van der Waals surface area contributed by atoms with E-state index in [0.717, 1.165) is 18.5 Å². The van der Waals surface area contributed by atoms with Crippen LogP contribution in [0.15, 0.2) is 10.6 Å². The molecular weight excluding hydrogens is 268 g/mol. The highest BCUT2D eigenvalue weighted by Gasteiger charge is 2.26. The fourth-order valence-electron chi connectivity index (χ4n) is 1.54. The number of amides is 1. The van der Waals surface area contributed by atoms with E-state index < -0.39 is 21.0 Å². The average molecular weight is 288 g/mol. The van der Waals surface area contributed by atoms with Gasteiger partial charge in [0.25, 0.3) is 0 Å². The third-order valence-electron chi connectivity index (χ3n) is 2.86. The first kappa shape index (κ1) is 15.7. The zero-order chi connectivity index (χ0) is 14.5. The quantitative estimate of drug-likeness (QED) is 0.810. The van der Waals surface area contributed by atoms with Gasteiger partial charge in [0, 0.05) is 11.8 Å². The Morgan fingerprint density at radius 2 is 2.16 bits per heavy atom. The van der Waals surface area contributed by atoms with E-state index in [0.29, 0.717) is 5.76 Å². The van der Waals surface area contributed by atoms with Gasteiger partial charge in [-0.2, -0.15) is 0 Å². The summed E-state index contributed by atoms with van der Waals surface area (Å²) < 4.78 is 28.1. The maximum absolute atomic E-state index is 11.7. The predicted molar refractivity (Wildman–Crippen MR) is 71.3 cm³/mol. The highest BCUT2D eigenvalue weighted by molar-refractivity contribution is 7.92.